The number of aromatic nitrogens is 1. The molecule has 18 heavy (non-hydrogen) atoms. The third-order valence-corrected chi connectivity index (χ3v) is 2.69. The van der Waals surface area contributed by atoms with Crippen molar-refractivity contribution in [2.45, 2.75) is 12.5 Å². The topological polar surface area (TPSA) is 70.4 Å². The third kappa shape index (κ3) is 2.73. The van der Waals surface area contributed by atoms with E-state index in [2.05, 4.69) is 4.98 Å². The number of aromatic carboxylic acids is 1. The number of benzene rings is 1. The van der Waals surface area contributed by atoms with Crippen molar-refractivity contribution in [3.05, 3.63) is 65.5 Å². The van der Waals surface area contributed by atoms with E-state index in [1.807, 2.05) is 18.2 Å². The molecule has 0 bridgehead atoms. The van der Waals surface area contributed by atoms with Crippen LogP contribution in [0.25, 0.3) is 0 Å². The van der Waals surface area contributed by atoms with E-state index in [9.17, 15) is 9.90 Å². The lowest BCUT2D eigenvalue weighted by molar-refractivity contribution is 0.0694. The molecule has 4 nitrogen and oxygen atoms in total. The Hall–Kier alpha value is -2.20. The van der Waals surface area contributed by atoms with Gasteiger partial charge in [0.1, 0.15) is 0 Å². The van der Waals surface area contributed by atoms with Gasteiger partial charge < -0.3 is 10.2 Å². The van der Waals surface area contributed by atoms with E-state index in [0.29, 0.717) is 5.69 Å². The number of carbonyl (C=O) groups is 1. The number of carboxylic acids is 1. The number of nitrogens with zero attached hydrogens (tertiary/aromatic N) is 1. The first-order valence-electron chi connectivity index (χ1n) is 5.58. The summed E-state index contributed by atoms with van der Waals surface area (Å²) in [5, 5.41) is 19.1. The van der Waals surface area contributed by atoms with E-state index < -0.39 is 12.1 Å². The summed E-state index contributed by atoms with van der Waals surface area (Å²) < 4.78 is 0. The second-order valence-electron chi connectivity index (χ2n) is 3.93. The molecular formula is C14H13NO3. The maximum atomic E-state index is 11.0. The van der Waals surface area contributed by atoms with Crippen molar-refractivity contribution in [1.82, 2.24) is 4.98 Å². The second kappa shape index (κ2) is 5.42. The van der Waals surface area contributed by atoms with Gasteiger partial charge in [-0.3, -0.25) is 4.98 Å². The van der Waals surface area contributed by atoms with Crippen molar-refractivity contribution in [3.63, 3.8) is 0 Å². The van der Waals surface area contributed by atoms with E-state index in [0.717, 1.165) is 5.56 Å². The summed E-state index contributed by atoms with van der Waals surface area (Å²) in [6.45, 7) is 0. The van der Waals surface area contributed by atoms with E-state index in [-0.39, 0.29) is 12.0 Å². The summed E-state index contributed by atoms with van der Waals surface area (Å²) in [6, 6.07) is 12.2. The molecular weight excluding hydrogens is 230 g/mol. The Bertz CT molecular complexity index is 540. The smallest absolute Gasteiger partial charge is 0.337 e. The van der Waals surface area contributed by atoms with Gasteiger partial charge in [0.15, 0.2) is 0 Å². The highest BCUT2D eigenvalue weighted by molar-refractivity contribution is 5.88. The van der Waals surface area contributed by atoms with Crippen molar-refractivity contribution in [2.24, 2.45) is 0 Å². The Morgan fingerprint density at radius 3 is 2.56 bits per heavy atom. The highest BCUT2D eigenvalue weighted by atomic mass is 16.4. The zero-order valence-electron chi connectivity index (χ0n) is 9.65. The van der Waals surface area contributed by atoms with E-state index >= 15 is 0 Å². The molecule has 0 aliphatic rings. The van der Waals surface area contributed by atoms with Crippen LogP contribution in [0.15, 0.2) is 48.7 Å². The first-order chi connectivity index (χ1) is 8.68. The normalized spacial score (nSPS) is 12.1. The van der Waals surface area contributed by atoms with Gasteiger partial charge >= 0.3 is 5.97 Å². The van der Waals surface area contributed by atoms with Gasteiger partial charge in [0.05, 0.1) is 17.4 Å². The van der Waals surface area contributed by atoms with E-state index in [1.54, 1.807) is 18.2 Å². The molecule has 2 aromatic rings. The van der Waals surface area contributed by atoms with Crippen LogP contribution in [0.5, 0.6) is 0 Å². The quantitative estimate of drug-likeness (QED) is 0.862. The summed E-state index contributed by atoms with van der Waals surface area (Å²) in [4.78, 5) is 15.0. The highest BCUT2D eigenvalue weighted by Crippen LogP contribution is 2.18. The fraction of sp³-hybridized carbons (Fsp3) is 0.143. The molecule has 0 aliphatic heterocycles. The number of rotatable bonds is 4. The van der Waals surface area contributed by atoms with Crippen molar-refractivity contribution in [3.8, 4) is 0 Å². The monoisotopic (exact) mass is 243 g/mol. The second-order valence-corrected chi connectivity index (χ2v) is 3.93. The van der Waals surface area contributed by atoms with Crippen molar-refractivity contribution in [1.29, 1.82) is 0 Å². The highest BCUT2D eigenvalue weighted by Gasteiger charge is 2.15. The van der Waals surface area contributed by atoms with Crippen molar-refractivity contribution >= 4 is 5.97 Å². The van der Waals surface area contributed by atoms with E-state index in [4.69, 9.17) is 5.11 Å². The lowest BCUT2D eigenvalue weighted by atomic mass is 10.0. The molecule has 1 aromatic carbocycles. The molecule has 0 saturated heterocycles. The van der Waals surface area contributed by atoms with Crippen LogP contribution in [0.4, 0.5) is 0 Å². The molecule has 4 heteroatoms. The summed E-state index contributed by atoms with van der Waals surface area (Å²) in [5.41, 5.74) is 1.27. The predicted octanol–water partition coefficient (Wildman–Crippen LogP) is 2.06. The molecule has 0 saturated carbocycles. The molecule has 2 N–H and O–H groups in total. The van der Waals surface area contributed by atoms with Crippen LogP contribution in [0, 0.1) is 0 Å². The summed E-state index contributed by atoms with van der Waals surface area (Å²) in [7, 11) is 0. The van der Waals surface area contributed by atoms with Crippen LogP contribution in [0.3, 0.4) is 0 Å². The molecule has 0 spiro atoms. The number of aliphatic hydroxyl groups is 1. The van der Waals surface area contributed by atoms with Crippen LogP contribution in [-0.2, 0) is 6.42 Å². The van der Waals surface area contributed by atoms with Gasteiger partial charge in [-0.1, -0.05) is 30.3 Å². The summed E-state index contributed by atoms with van der Waals surface area (Å²) in [5.74, 6) is -1.03. The maximum Gasteiger partial charge on any atom is 0.337 e. The maximum absolute atomic E-state index is 11.0. The SMILES string of the molecule is O=C(O)c1cccnc1CC(O)c1ccccc1. The minimum Gasteiger partial charge on any atom is -0.478 e. The predicted molar refractivity (Wildman–Crippen MR) is 66.3 cm³/mol. The molecule has 0 aliphatic carbocycles. The summed E-state index contributed by atoms with van der Waals surface area (Å²) >= 11 is 0. The Kier molecular flexibility index (Phi) is 3.69. The van der Waals surface area contributed by atoms with Gasteiger partial charge in [-0.15, -0.1) is 0 Å². The van der Waals surface area contributed by atoms with Crippen molar-refractivity contribution < 1.29 is 15.0 Å². The minimum absolute atomic E-state index is 0.132. The Labute approximate surface area is 105 Å². The fourth-order valence-corrected chi connectivity index (χ4v) is 1.77. The van der Waals surface area contributed by atoms with Gasteiger partial charge in [0, 0.05) is 12.6 Å². The number of hydrogen-bond acceptors (Lipinski definition) is 3. The van der Waals surface area contributed by atoms with Crippen LogP contribution in [0.2, 0.25) is 0 Å². The van der Waals surface area contributed by atoms with E-state index in [1.165, 1.54) is 12.3 Å². The van der Waals surface area contributed by atoms with Gasteiger partial charge in [-0.2, -0.15) is 0 Å². The molecule has 0 amide bonds. The van der Waals surface area contributed by atoms with Crippen LogP contribution in [-0.4, -0.2) is 21.2 Å². The third-order valence-electron chi connectivity index (χ3n) is 2.69. The lowest BCUT2D eigenvalue weighted by Crippen LogP contribution is -2.09. The van der Waals surface area contributed by atoms with Gasteiger partial charge in [0.25, 0.3) is 0 Å². The summed E-state index contributed by atoms with van der Waals surface area (Å²) in [6.07, 6.45) is 0.964. The van der Waals surface area contributed by atoms with Crippen molar-refractivity contribution in [2.75, 3.05) is 0 Å². The number of aliphatic hydroxyl groups excluding tert-OH is 1. The lowest BCUT2D eigenvalue weighted by Gasteiger charge is -2.11. The zero-order chi connectivity index (χ0) is 13.0. The largest absolute Gasteiger partial charge is 0.478 e. The molecule has 1 unspecified atom stereocenters. The number of carboxylic acid groups (broad SMARTS) is 1. The van der Waals surface area contributed by atoms with Gasteiger partial charge in [-0.25, -0.2) is 4.79 Å². The Morgan fingerprint density at radius 1 is 1.17 bits per heavy atom. The molecule has 1 atom stereocenters. The van der Waals surface area contributed by atoms with Crippen LogP contribution in [0.1, 0.15) is 27.7 Å². The average Bonchev–Trinajstić information content (AvgIpc) is 2.40. The van der Waals surface area contributed by atoms with Crippen LogP contribution < -0.4 is 0 Å². The standard InChI is InChI=1S/C14H13NO3/c16-13(10-5-2-1-3-6-10)9-12-11(14(17)18)7-4-8-15-12/h1-8,13,16H,9H2,(H,17,18). The minimum atomic E-state index is -1.03. The first-order valence-corrected chi connectivity index (χ1v) is 5.58. The molecule has 1 heterocycles. The fourth-order valence-electron chi connectivity index (χ4n) is 1.77. The van der Waals surface area contributed by atoms with Crippen LogP contribution >= 0.6 is 0 Å². The molecule has 1 aromatic heterocycles. The van der Waals surface area contributed by atoms with Gasteiger partial charge in [-0.05, 0) is 17.7 Å². The Morgan fingerprint density at radius 2 is 1.89 bits per heavy atom. The Balaban J connectivity index is 2.22. The molecule has 0 fully saturated rings. The zero-order valence-corrected chi connectivity index (χ0v) is 9.65. The molecule has 0 radical (unpaired) electrons. The van der Waals surface area contributed by atoms with Gasteiger partial charge in [0.2, 0.25) is 0 Å². The number of hydrogen-bond donors (Lipinski definition) is 2. The number of pyridine rings is 1. The first kappa shape index (κ1) is 12.3. The molecule has 2 rings (SSSR count). The molecule has 92 valence electrons. The average molecular weight is 243 g/mol.